The van der Waals surface area contributed by atoms with Crippen molar-refractivity contribution in [3.05, 3.63) is 58.1 Å². The number of benzene rings is 2. The summed E-state index contributed by atoms with van der Waals surface area (Å²) in [5.74, 6) is 1.28. The van der Waals surface area contributed by atoms with E-state index in [0.717, 1.165) is 22.9 Å². The fourth-order valence-electron chi connectivity index (χ4n) is 2.67. The van der Waals surface area contributed by atoms with Gasteiger partial charge in [0, 0.05) is 4.47 Å². The van der Waals surface area contributed by atoms with Crippen molar-refractivity contribution in [3.63, 3.8) is 0 Å². The molecule has 0 bridgehead atoms. The smallest absolute Gasteiger partial charge is 0.253 e. The summed E-state index contributed by atoms with van der Waals surface area (Å²) in [6, 6.07) is 13.2. The van der Waals surface area contributed by atoms with Gasteiger partial charge in [-0.1, -0.05) is 18.2 Å². The number of carbonyl (C=O) groups is 1. The molecule has 0 spiro atoms. The average molecular weight is 376 g/mol. The molecule has 2 aromatic carbocycles. The van der Waals surface area contributed by atoms with Gasteiger partial charge in [-0.25, -0.2) is 0 Å². The van der Waals surface area contributed by atoms with Gasteiger partial charge in [-0.2, -0.15) is 0 Å². The predicted octanol–water partition coefficient (Wildman–Crippen LogP) is 3.89. The molecule has 5 heteroatoms. The van der Waals surface area contributed by atoms with Crippen LogP contribution in [0.15, 0.2) is 46.9 Å². The van der Waals surface area contributed by atoms with Crippen LogP contribution in [0, 0.1) is 0 Å². The number of amides is 1. The molecule has 2 aromatic rings. The van der Waals surface area contributed by atoms with Crippen LogP contribution in [-0.2, 0) is 5.54 Å². The maximum atomic E-state index is 12.6. The topological polar surface area (TPSA) is 47.6 Å². The molecule has 1 fully saturated rings. The van der Waals surface area contributed by atoms with E-state index < -0.39 is 0 Å². The third kappa shape index (κ3) is 3.06. The van der Waals surface area contributed by atoms with Crippen LogP contribution in [0.25, 0.3) is 0 Å². The van der Waals surface area contributed by atoms with Crippen LogP contribution >= 0.6 is 15.9 Å². The zero-order valence-corrected chi connectivity index (χ0v) is 14.6. The summed E-state index contributed by atoms with van der Waals surface area (Å²) in [5, 5.41) is 3.16. The highest BCUT2D eigenvalue weighted by Crippen LogP contribution is 2.47. The Labute approximate surface area is 143 Å². The number of hydrogen-bond donors (Lipinski definition) is 1. The molecule has 4 nitrogen and oxygen atoms in total. The molecule has 0 atom stereocenters. The number of halogens is 1. The maximum absolute atomic E-state index is 12.6. The lowest BCUT2D eigenvalue weighted by molar-refractivity contribution is 0.0930. The number of ether oxygens (including phenoxy) is 2. The van der Waals surface area contributed by atoms with Crippen LogP contribution in [0.4, 0.5) is 0 Å². The fourth-order valence-corrected chi connectivity index (χ4v) is 3.14. The Balaban J connectivity index is 1.86. The Morgan fingerprint density at radius 2 is 1.78 bits per heavy atom. The molecule has 0 aromatic heterocycles. The van der Waals surface area contributed by atoms with E-state index in [0.29, 0.717) is 17.1 Å². The molecule has 0 saturated heterocycles. The summed E-state index contributed by atoms with van der Waals surface area (Å²) in [7, 11) is 3.22. The van der Waals surface area contributed by atoms with E-state index in [4.69, 9.17) is 9.47 Å². The molecule has 0 heterocycles. The largest absolute Gasteiger partial charge is 0.493 e. The van der Waals surface area contributed by atoms with Crippen molar-refractivity contribution in [2.24, 2.45) is 0 Å². The summed E-state index contributed by atoms with van der Waals surface area (Å²) in [4.78, 5) is 12.6. The molecule has 1 aliphatic rings. The quantitative estimate of drug-likeness (QED) is 0.862. The molecule has 0 radical (unpaired) electrons. The molecule has 1 aliphatic carbocycles. The van der Waals surface area contributed by atoms with E-state index in [2.05, 4.69) is 21.2 Å². The van der Waals surface area contributed by atoms with E-state index >= 15 is 0 Å². The fraction of sp³-hybridized carbons (Fsp3) is 0.278. The first kappa shape index (κ1) is 15.9. The summed E-state index contributed by atoms with van der Waals surface area (Å²) < 4.78 is 11.4. The normalized spacial score (nSPS) is 14.9. The Morgan fingerprint density at radius 3 is 2.39 bits per heavy atom. The molecular weight excluding hydrogens is 358 g/mol. The van der Waals surface area contributed by atoms with E-state index in [1.165, 1.54) is 0 Å². The monoisotopic (exact) mass is 375 g/mol. The molecule has 3 rings (SSSR count). The summed E-state index contributed by atoms with van der Waals surface area (Å²) in [6.45, 7) is 0. The van der Waals surface area contributed by atoms with Crippen molar-refractivity contribution in [1.29, 1.82) is 0 Å². The van der Waals surface area contributed by atoms with Gasteiger partial charge in [-0.3, -0.25) is 4.79 Å². The number of hydrogen-bond acceptors (Lipinski definition) is 3. The third-order valence-electron chi connectivity index (χ3n) is 4.16. The van der Waals surface area contributed by atoms with Gasteiger partial charge in [0.2, 0.25) is 0 Å². The second-order valence-electron chi connectivity index (χ2n) is 5.59. The second-order valence-corrected chi connectivity index (χ2v) is 6.44. The van der Waals surface area contributed by atoms with Crippen LogP contribution in [0.1, 0.15) is 28.8 Å². The Morgan fingerprint density at radius 1 is 1.09 bits per heavy atom. The minimum atomic E-state index is -0.314. The van der Waals surface area contributed by atoms with Crippen molar-refractivity contribution >= 4 is 21.8 Å². The van der Waals surface area contributed by atoms with Crippen LogP contribution in [0.2, 0.25) is 0 Å². The lowest BCUT2D eigenvalue weighted by Gasteiger charge is -2.20. The molecule has 1 saturated carbocycles. The van der Waals surface area contributed by atoms with Crippen LogP contribution in [-0.4, -0.2) is 20.1 Å². The first-order chi connectivity index (χ1) is 11.1. The number of methoxy groups -OCH3 is 2. The number of rotatable bonds is 5. The van der Waals surface area contributed by atoms with Crippen molar-refractivity contribution in [3.8, 4) is 11.5 Å². The highest BCUT2D eigenvalue weighted by atomic mass is 79.9. The van der Waals surface area contributed by atoms with Gasteiger partial charge < -0.3 is 14.8 Å². The molecule has 1 amide bonds. The second kappa shape index (κ2) is 6.24. The average Bonchev–Trinajstić information content (AvgIpc) is 3.35. The molecule has 0 aliphatic heterocycles. The first-order valence-electron chi connectivity index (χ1n) is 7.39. The summed E-state index contributed by atoms with van der Waals surface area (Å²) in [5.41, 5.74) is 1.36. The van der Waals surface area contributed by atoms with Crippen molar-refractivity contribution in [2.75, 3.05) is 14.2 Å². The molecule has 0 unspecified atom stereocenters. The van der Waals surface area contributed by atoms with Gasteiger partial charge in [0.15, 0.2) is 11.5 Å². The van der Waals surface area contributed by atoms with E-state index in [9.17, 15) is 4.79 Å². The number of nitrogens with one attached hydrogen (secondary N) is 1. The van der Waals surface area contributed by atoms with Gasteiger partial charge in [0.25, 0.3) is 5.91 Å². The van der Waals surface area contributed by atoms with Gasteiger partial charge in [-0.05, 0) is 58.6 Å². The SMILES string of the molecule is COc1ccc(C2(NC(=O)c3ccccc3Br)CC2)cc1OC. The Hall–Kier alpha value is -2.01. The lowest BCUT2D eigenvalue weighted by Crippen LogP contribution is -2.35. The number of carbonyl (C=O) groups excluding carboxylic acids is 1. The molecule has 23 heavy (non-hydrogen) atoms. The highest BCUT2D eigenvalue weighted by molar-refractivity contribution is 9.10. The van der Waals surface area contributed by atoms with Crippen LogP contribution < -0.4 is 14.8 Å². The van der Waals surface area contributed by atoms with Crippen LogP contribution in [0.5, 0.6) is 11.5 Å². The van der Waals surface area contributed by atoms with Crippen molar-refractivity contribution in [2.45, 2.75) is 18.4 Å². The van der Waals surface area contributed by atoms with Gasteiger partial charge in [0.05, 0.1) is 25.3 Å². The zero-order valence-electron chi connectivity index (χ0n) is 13.1. The lowest BCUT2D eigenvalue weighted by atomic mass is 10.0. The highest BCUT2D eigenvalue weighted by Gasteiger charge is 2.46. The standard InChI is InChI=1S/C18H18BrNO3/c1-22-15-8-7-12(11-16(15)23-2)18(9-10-18)20-17(21)13-5-3-4-6-14(13)19/h3-8,11H,9-10H2,1-2H3,(H,20,21). The Bertz CT molecular complexity index is 741. The van der Waals surface area contributed by atoms with E-state index in [1.807, 2.05) is 42.5 Å². The van der Waals surface area contributed by atoms with E-state index in [-0.39, 0.29) is 11.4 Å². The third-order valence-corrected chi connectivity index (χ3v) is 4.85. The van der Waals surface area contributed by atoms with Gasteiger partial charge in [0.1, 0.15) is 0 Å². The van der Waals surface area contributed by atoms with Crippen molar-refractivity contribution in [1.82, 2.24) is 5.32 Å². The van der Waals surface area contributed by atoms with Crippen LogP contribution in [0.3, 0.4) is 0 Å². The van der Waals surface area contributed by atoms with Gasteiger partial charge in [-0.15, -0.1) is 0 Å². The van der Waals surface area contributed by atoms with E-state index in [1.54, 1.807) is 14.2 Å². The minimum Gasteiger partial charge on any atom is -0.493 e. The van der Waals surface area contributed by atoms with Crippen molar-refractivity contribution < 1.29 is 14.3 Å². The Kier molecular flexibility index (Phi) is 4.31. The predicted molar refractivity (Wildman–Crippen MR) is 92.1 cm³/mol. The molecular formula is C18H18BrNO3. The first-order valence-corrected chi connectivity index (χ1v) is 8.18. The summed E-state index contributed by atoms with van der Waals surface area (Å²) in [6.07, 6.45) is 1.83. The summed E-state index contributed by atoms with van der Waals surface area (Å²) >= 11 is 3.43. The maximum Gasteiger partial charge on any atom is 0.253 e. The zero-order chi connectivity index (χ0) is 16.4. The van der Waals surface area contributed by atoms with Gasteiger partial charge >= 0.3 is 0 Å². The molecule has 120 valence electrons. The molecule has 1 N–H and O–H groups in total. The minimum absolute atomic E-state index is 0.0789.